The van der Waals surface area contributed by atoms with Crippen LogP contribution in [0.5, 0.6) is 0 Å². The summed E-state index contributed by atoms with van der Waals surface area (Å²) in [6.07, 6.45) is 3.00. The first-order valence-corrected chi connectivity index (χ1v) is 4.01. The first kappa shape index (κ1) is 8.02. The van der Waals surface area contributed by atoms with Crippen molar-refractivity contribution in [2.24, 2.45) is 0 Å². The van der Waals surface area contributed by atoms with Crippen LogP contribution in [-0.4, -0.2) is 35.7 Å². The molecule has 60 valence electrons. The average molecular weight is 143 g/mol. The summed E-state index contributed by atoms with van der Waals surface area (Å²) in [6.45, 7) is 4.11. The summed E-state index contributed by atoms with van der Waals surface area (Å²) in [5, 5.41) is 9.65. The molecule has 0 aromatic carbocycles. The molecule has 0 amide bonds. The van der Waals surface area contributed by atoms with Crippen molar-refractivity contribution in [3.05, 3.63) is 0 Å². The van der Waals surface area contributed by atoms with Crippen molar-refractivity contribution >= 4 is 0 Å². The summed E-state index contributed by atoms with van der Waals surface area (Å²) in [6, 6.07) is 0. The minimum absolute atomic E-state index is 0.398. The molecule has 1 saturated heterocycles. The van der Waals surface area contributed by atoms with E-state index in [4.69, 9.17) is 0 Å². The second-order valence-corrected chi connectivity index (χ2v) is 3.65. The summed E-state index contributed by atoms with van der Waals surface area (Å²) in [7, 11) is 2.11. The van der Waals surface area contributed by atoms with Gasteiger partial charge >= 0.3 is 0 Å². The zero-order valence-electron chi connectivity index (χ0n) is 6.93. The van der Waals surface area contributed by atoms with Crippen LogP contribution in [0.3, 0.4) is 0 Å². The van der Waals surface area contributed by atoms with Gasteiger partial charge < -0.3 is 10.0 Å². The van der Waals surface area contributed by atoms with Gasteiger partial charge in [0, 0.05) is 6.54 Å². The van der Waals surface area contributed by atoms with Gasteiger partial charge in [0.15, 0.2) is 0 Å². The molecule has 0 saturated carbocycles. The molecule has 0 spiro atoms. The second kappa shape index (κ2) is 2.89. The third-order valence-electron chi connectivity index (χ3n) is 2.29. The van der Waals surface area contributed by atoms with E-state index in [9.17, 15) is 5.11 Å². The molecule has 1 heterocycles. The molecule has 2 heteroatoms. The van der Waals surface area contributed by atoms with Gasteiger partial charge in [0.1, 0.15) is 0 Å². The molecule has 2 nitrogen and oxygen atoms in total. The summed E-state index contributed by atoms with van der Waals surface area (Å²) in [5.74, 6) is 0. The van der Waals surface area contributed by atoms with Crippen LogP contribution < -0.4 is 0 Å². The highest BCUT2D eigenvalue weighted by Gasteiger charge is 2.22. The molecule has 10 heavy (non-hydrogen) atoms. The molecule has 1 aliphatic heterocycles. The molecule has 0 aromatic rings. The van der Waals surface area contributed by atoms with E-state index in [2.05, 4.69) is 11.9 Å². The fourth-order valence-electron chi connectivity index (χ4n) is 1.40. The molecular weight excluding hydrogens is 126 g/mol. The summed E-state index contributed by atoms with van der Waals surface area (Å²) >= 11 is 0. The van der Waals surface area contributed by atoms with Crippen LogP contribution in [-0.2, 0) is 0 Å². The van der Waals surface area contributed by atoms with Crippen molar-refractivity contribution in [3.63, 3.8) is 0 Å². The van der Waals surface area contributed by atoms with Crippen LogP contribution in [0.4, 0.5) is 0 Å². The normalized spacial score (nSPS) is 37.5. The third-order valence-corrected chi connectivity index (χ3v) is 2.29. The highest BCUT2D eigenvalue weighted by Crippen LogP contribution is 2.20. The van der Waals surface area contributed by atoms with Gasteiger partial charge in [-0.3, -0.25) is 0 Å². The van der Waals surface area contributed by atoms with Gasteiger partial charge in [0.2, 0.25) is 0 Å². The van der Waals surface area contributed by atoms with E-state index in [1.54, 1.807) is 0 Å². The molecular formula is C8H17NO. The molecule has 1 aliphatic rings. The van der Waals surface area contributed by atoms with Gasteiger partial charge in [-0.05, 0) is 39.8 Å². The van der Waals surface area contributed by atoms with Gasteiger partial charge in [-0.15, -0.1) is 0 Å². The molecule has 0 aliphatic carbocycles. The topological polar surface area (TPSA) is 23.5 Å². The molecule has 0 bridgehead atoms. The van der Waals surface area contributed by atoms with Crippen LogP contribution in [0, 0.1) is 0 Å². The average Bonchev–Trinajstić information content (AvgIpc) is 1.94. The number of hydrogen-bond donors (Lipinski definition) is 1. The smallest absolute Gasteiger partial charge is 0.0632 e. The lowest BCUT2D eigenvalue weighted by molar-refractivity contribution is 0.0454. The van der Waals surface area contributed by atoms with Crippen LogP contribution in [0.15, 0.2) is 0 Å². The van der Waals surface area contributed by atoms with Crippen molar-refractivity contribution < 1.29 is 5.11 Å². The monoisotopic (exact) mass is 143 g/mol. The van der Waals surface area contributed by atoms with Crippen LogP contribution in [0.25, 0.3) is 0 Å². The van der Waals surface area contributed by atoms with Crippen molar-refractivity contribution in [1.29, 1.82) is 0 Å². The summed E-state index contributed by atoms with van der Waals surface area (Å²) < 4.78 is 0. The maximum atomic E-state index is 9.65. The fraction of sp³-hybridized carbons (Fsp3) is 1.00. The van der Waals surface area contributed by atoms with E-state index in [-0.39, 0.29) is 0 Å². The van der Waals surface area contributed by atoms with Crippen LogP contribution in [0.2, 0.25) is 0 Å². The lowest BCUT2D eigenvalue weighted by Crippen LogP contribution is -2.26. The van der Waals surface area contributed by atoms with E-state index in [1.165, 1.54) is 0 Å². The quantitative estimate of drug-likeness (QED) is 0.543. The minimum Gasteiger partial charge on any atom is -0.390 e. The Kier molecular flexibility index (Phi) is 2.32. The SMILES string of the molecule is CN1CCCC(C)(O)CC1. The molecule has 1 N–H and O–H groups in total. The Hall–Kier alpha value is -0.0800. The summed E-state index contributed by atoms with van der Waals surface area (Å²) in [5.41, 5.74) is -0.398. The highest BCUT2D eigenvalue weighted by atomic mass is 16.3. The van der Waals surface area contributed by atoms with Crippen molar-refractivity contribution in [2.75, 3.05) is 20.1 Å². The van der Waals surface area contributed by atoms with Gasteiger partial charge in [-0.25, -0.2) is 0 Å². The maximum absolute atomic E-state index is 9.65. The lowest BCUT2D eigenvalue weighted by Gasteiger charge is -2.20. The number of likely N-dealkylation sites (tertiary alicyclic amines) is 1. The van der Waals surface area contributed by atoms with E-state index < -0.39 is 5.60 Å². The minimum atomic E-state index is -0.398. The summed E-state index contributed by atoms with van der Waals surface area (Å²) in [4.78, 5) is 2.28. The van der Waals surface area contributed by atoms with E-state index in [1.807, 2.05) is 6.92 Å². The predicted molar refractivity (Wildman–Crippen MR) is 42.0 cm³/mol. The Morgan fingerprint density at radius 2 is 2.00 bits per heavy atom. The first-order valence-electron chi connectivity index (χ1n) is 4.01. The highest BCUT2D eigenvalue weighted by molar-refractivity contribution is 4.77. The largest absolute Gasteiger partial charge is 0.390 e. The molecule has 1 unspecified atom stereocenters. The van der Waals surface area contributed by atoms with Gasteiger partial charge in [-0.2, -0.15) is 0 Å². The Morgan fingerprint density at radius 3 is 2.70 bits per heavy atom. The Bertz CT molecular complexity index is 112. The van der Waals surface area contributed by atoms with Gasteiger partial charge in [0.05, 0.1) is 5.60 Å². The fourth-order valence-corrected chi connectivity index (χ4v) is 1.40. The van der Waals surface area contributed by atoms with E-state index in [0.29, 0.717) is 0 Å². The predicted octanol–water partition coefficient (Wildman–Crippen LogP) is 0.853. The molecule has 1 rings (SSSR count). The van der Waals surface area contributed by atoms with Crippen LogP contribution in [0.1, 0.15) is 26.2 Å². The van der Waals surface area contributed by atoms with Gasteiger partial charge in [0.25, 0.3) is 0 Å². The zero-order chi connectivity index (χ0) is 7.61. The molecule has 1 fully saturated rings. The van der Waals surface area contributed by atoms with Crippen LogP contribution >= 0.6 is 0 Å². The van der Waals surface area contributed by atoms with Crippen molar-refractivity contribution in [1.82, 2.24) is 4.90 Å². The van der Waals surface area contributed by atoms with Gasteiger partial charge in [-0.1, -0.05) is 0 Å². The number of rotatable bonds is 0. The third kappa shape index (κ3) is 2.27. The number of nitrogens with zero attached hydrogens (tertiary/aromatic N) is 1. The Morgan fingerprint density at radius 1 is 1.30 bits per heavy atom. The van der Waals surface area contributed by atoms with Crippen molar-refractivity contribution in [3.8, 4) is 0 Å². The first-order chi connectivity index (χ1) is 4.60. The zero-order valence-corrected chi connectivity index (χ0v) is 6.93. The van der Waals surface area contributed by atoms with E-state index >= 15 is 0 Å². The molecule has 0 aromatic heterocycles. The second-order valence-electron chi connectivity index (χ2n) is 3.65. The van der Waals surface area contributed by atoms with Crippen molar-refractivity contribution in [2.45, 2.75) is 31.8 Å². The lowest BCUT2D eigenvalue weighted by atomic mass is 9.98. The number of aliphatic hydroxyl groups is 1. The molecule has 1 atom stereocenters. The Balaban J connectivity index is 2.41. The molecule has 0 radical (unpaired) electrons. The van der Waals surface area contributed by atoms with E-state index in [0.717, 1.165) is 32.4 Å². The number of hydrogen-bond acceptors (Lipinski definition) is 2. The standard InChI is InChI=1S/C8H17NO/c1-8(10)4-3-6-9(2)7-5-8/h10H,3-7H2,1-2H3. The maximum Gasteiger partial charge on any atom is 0.0632 e. The Labute approximate surface area is 62.8 Å².